The Kier molecular flexibility index (Phi) is 3.75. The standard InChI is InChI=1S/C12H19F3N4/c1-8-10(6-16-9-4-5-9)11(19(3)17-8)18(2)7-12(13,14)15/h9,16H,4-7H2,1-3H3. The molecule has 19 heavy (non-hydrogen) atoms. The number of nitrogens with one attached hydrogen (secondary N) is 1. The molecule has 2 rings (SSSR count). The van der Waals surface area contributed by atoms with Gasteiger partial charge in [0.25, 0.3) is 0 Å². The van der Waals surface area contributed by atoms with Crippen LogP contribution >= 0.6 is 0 Å². The van der Waals surface area contributed by atoms with E-state index in [2.05, 4.69) is 10.4 Å². The van der Waals surface area contributed by atoms with E-state index >= 15 is 0 Å². The van der Waals surface area contributed by atoms with Gasteiger partial charge in [-0.15, -0.1) is 0 Å². The number of hydrogen-bond donors (Lipinski definition) is 1. The quantitative estimate of drug-likeness (QED) is 0.892. The Morgan fingerprint density at radius 2 is 2.05 bits per heavy atom. The summed E-state index contributed by atoms with van der Waals surface area (Å²) in [6, 6.07) is 0.514. The first-order chi connectivity index (χ1) is 8.78. The van der Waals surface area contributed by atoms with Gasteiger partial charge in [-0.25, -0.2) is 0 Å². The lowest BCUT2D eigenvalue weighted by molar-refractivity contribution is -0.119. The van der Waals surface area contributed by atoms with E-state index in [1.54, 1.807) is 7.05 Å². The molecule has 0 amide bonds. The molecule has 1 heterocycles. The van der Waals surface area contributed by atoms with Gasteiger partial charge in [-0.2, -0.15) is 18.3 Å². The molecule has 1 aliphatic carbocycles. The second-order valence-corrected chi connectivity index (χ2v) is 5.14. The number of halogens is 3. The highest BCUT2D eigenvalue weighted by atomic mass is 19.4. The van der Waals surface area contributed by atoms with Gasteiger partial charge in [-0.3, -0.25) is 4.68 Å². The van der Waals surface area contributed by atoms with Gasteiger partial charge >= 0.3 is 6.18 Å². The smallest absolute Gasteiger partial charge is 0.351 e. The summed E-state index contributed by atoms with van der Waals surface area (Å²) in [4.78, 5) is 1.21. The Labute approximate surface area is 110 Å². The molecule has 1 aromatic rings. The fraction of sp³-hybridized carbons (Fsp3) is 0.750. The van der Waals surface area contributed by atoms with Crippen molar-refractivity contribution in [2.24, 2.45) is 7.05 Å². The number of alkyl halides is 3. The molecule has 1 fully saturated rings. The highest BCUT2D eigenvalue weighted by molar-refractivity contribution is 5.49. The molecule has 0 aliphatic heterocycles. The second kappa shape index (κ2) is 5.03. The van der Waals surface area contributed by atoms with Gasteiger partial charge in [0, 0.05) is 32.2 Å². The van der Waals surface area contributed by atoms with E-state index in [4.69, 9.17) is 0 Å². The highest BCUT2D eigenvalue weighted by Gasteiger charge is 2.32. The third kappa shape index (κ3) is 3.62. The number of nitrogens with zero attached hydrogens (tertiary/aromatic N) is 3. The van der Waals surface area contributed by atoms with Crippen LogP contribution in [0.1, 0.15) is 24.1 Å². The fourth-order valence-electron chi connectivity index (χ4n) is 2.25. The summed E-state index contributed by atoms with van der Waals surface area (Å²) in [6.07, 6.45) is -1.92. The first-order valence-corrected chi connectivity index (χ1v) is 6.31. The summed E-state index contributed by atoms with van der Waals surface area (Å²) in [5.74, 6) is 0.531. The largest absolute Gasteiger partial charge is 0.405 e. The van der Waals surface area contributed by atoms with Gasteiger partial charge in [0.2, 0.25) is 0 Å². The topological polar surface area (TPSA) is 33.1 Å². The first kappa shape index (κ1) is 14.2. The number of aromatic nitrogens is 2. The van der Waals surface area contributed by atoms with Crippen molar-refractivity contribution in [2.75, 3.05) is 18.5 Å². The van der Waals surface area contributed by atoms with Crippen molar-refractivity contribution in [2.45, 2.75) is 38.5 Å². The lowest BCUT2D eigenvalue weighted by Gasteiger charge is -2.22. The number of aryl methyl sites for hydroxylation is 2. The molecule has 0 spiro atoms. The Bertz CT molecular complexity index is 449. The summed E-state index contributed by atoms with van der Waals surface area (Å²) >= 11 is 0. The molecule has 1 aromatic heterocycles. The van der Waals surface area contributed by atoms with E-state index in [1.807, 2.05) is 6.92 Å². The van der Waals surface area contributed by atoms with Gasteiger partial charge in [0.15, 0.2) is 0 Å². The molecule has 1 saturated carbocycles. The summed E-state index contributed by atoms with van der Waals surface area (Å²) in [7, 11) is 3.13. The minimum absolute atomic E-state index is 0.514. The number of hydrogen-bond acceptors (Lipinski definition) is 3. The van der Waals surface area contributed by atoms with Gasteiger partial charge in [-0.05, 0) is 19.8 Å². The van der Waals surface area contributed by atoms with Gasteiger partial charge in [-0.1, -0.05) is 0 Å². The molecule has 0 aromatic carbocycles. The molecule has 0 unspecified atom stereocenters. The van der Waals surface area contributed by atoms with Gasteiger partial charge < -0.3 is 10.2 Å². The molecule has 0 atom stereocenters. The molecule has 1 N–H and O–H groups in total. The maximum atomic E-state index is 12.5. The Morgan fingerprint density at radius 3 is 2.58 bits per heavy atom. The molecule has 0 saturated heterocycles. The Morgan fingerprint density at radius 1 is 1.42 bits per heavy atom. The van der Waals surface area contributed by atoms with Crippen molar-refractivity contribution in [3.05, 3.63) is 11.3 Å². The molecule has 0 bridgehead atoms. The third-order valence-corrected chi connectivity index (χ3v) is 3.24. The lowest BCUT2D eigenvalue weighted by atomic mass is 10.2. The van der Waals surface area contributed by atoms with E-state index in [1.165, 1.54) is 16.6 Å². The molecule has 4 nitrogen and oxygen atoms in total. The second-order valence-electron chi connectivity index (χ2n) is 5.14. The van der Waals surface area contributed by atoms with Crippen molar-refractivity contribution in [3.8, 4) is 0 Å². The van der Waals surface area contributed by atoms with Crippen LogP contribution in [0.5, 0.6) is 0 Å². The molecule has 0 radical (unpaired) electrons. The van der Waals surface area contributed by atoms with Crippen LogP contribution < -0.4 is 10.2 Å². The highest BCUT2D eigenvalue weighted by Crippen LogP contribution is 2.27. The van der Waals surface area contributed by atoms with E-state index in [-0.39, 0.29) is 0 Å². The van der Waals surface area contributed by atoms with Crippen molar-refractivity contribution < 1.29 is 13.2 Å². The molecular formula is C12H19F3N4. The van der Waals surface area contributed by atoms with Crippen molar-refractivity contribution in [1.82, 2.24) is 15.1 Å². The summed E-state index contributed by atoms with van der Waals surface area (Å²) in [6.45, 7) is 1.43. The van der Waals surface area contributed by atoms with Crippen LogP contribution in [0.15, 0.2) is 0 Å². The molecule has 108 valence electrons. The van der Waals surface area contributed by atoms with Crippen LogP contribution in [0, 0.1) is 6.92 Å². The average molecular weight is 276 g/mol. The minimum atomic E-state index is -4.21. The predicted molar refractivity (Wildman–Crippen MR) is 67.1 cm³/mol. The normalized spacial score (nSPS) is 15.9. The average Bonchev–Trinajstić information content (AvgIpc) is 2.99. The zero-order chi connectivity index (χ0) is 14.2. The van der Waals surface area contributed by atoms with Crippen molar-refractivity contribution >= 4 is 5.82 Å². The van der Waals surface area contributed by atoms with Crippen molar-refractivity contribution in [1.29, 1.82) is 0 Å². The first-order valence-electron chi connectivity index (χ1n) is 6.31. The zero-order valence-corrected chi connectivity index (χ0v) is 11.4. The van der Waals surface area contributed by atoms with Crippen molar-refractivity contribution in [3.63, 3.8) is 0 Å². The Hall–Kier alpha value is -1.24. The monoisotopic (exact) mass is 276 g/mol. The number of rotatable bonds is 5. The van der Waals surface area contributed by atoms with Crippen LogP contribution in [-0.4, -0.2) is 35.6 Å². The summed E-state index contributed by atoms with van der Waals surface area (Å²) in [5.41, 5.74) is 1.63. The maximum absolute atomic E-state index is 12.5. The van der Waals surface area contributed by atoms with Crippen LogP contribution in [0.25, 0.3) is 0 Å². The van der Waals surface area contributed by atoms with Crippen LogP contribution in [-0.2, 0) is 13.6 Å². The Balaban J connectivity index is 2.16. The van der Waals surface area contributed by atoms with Gasteiger partial charge in [0.1, 0.15) is 12.4 Å². The lowest BCUT2D eigenvalue weighted by Crippen LogP contribution is -2.33. The molecule has 1 aliphatic rings. The van der Waals surface area contributed by atoms with Gasteiger partial charge in [0.05, 0.1) is 5.69 Å². The van der Waals surface area contributed by atoms with Crippen LogP contribution in [0.3, 0.4) is 0 Å². The number of anilines is 1. The summed E-state index contributed by atoms with van der Waals surface area (Å²) in [5, 5.41) is 7.55. The van der Waals surface area contributed by atoms with E-state index in [9.17, 15) is 13.2 Å². The minimum Gasteiger partial charge on any atom is -0.351 e. The SMILES string of the molecule is Cc1nn(C)c(N(C)CC(F)(F)F)c1CNC1CC1. The van der Waals surface area contributed by atoms with Crippen LogP contribution in [0.2, 0.25) is 0 Å². The molecular weight excluding hydrogens is 257 g/mol. The third-order valence-electron chi connectivity index (χ3n) is 3.24. The fourth-order valence-corrected chi connectivity index (χ4v) is 2.25. The van der Waals surface area contributed by atoms with Crippen LogP contribution in [0.4, 0.5) is 19.0 Å². The van der Waals surface area contributed by atoms with E-state index < -0.39 is 12.7 Å². The maximum Gasteiger partial charge on any atom is 0.405 e. The molecule has 7 heteroatoms. The predicted octanol–water partition coefficient (Wildman–Crippen LogP) is 1.98. The van der Waals surface area contributed by atoms with E-state index in [0.29, 0.717) is 18.4 Å². The van der Waals surface area contributed by atoms with E-state index in [0.717, 1.165) is 24.1 Å². The zero-order valence-electron chi connectivity index (χ0n) is 11.4. The summed E-state index contributed by atoms with van der Waals surface area (Å²) < 4.78 is 39.0.